The Morgan fingerprint density at radius 3 is 2.33 bits per heavy atom. The van der Waals surface area contributed by atoms with Crippen LogP contribution in [0.2, 0.25) is 0 Å². The van der Waals surface area contributed by atoms with Crippen LogP contribution in [-0.2, 0) is 9.47 Å². The molecule has 12 heavy (non-hydrogen) atoms. The van der Waals surface area contributed by atoms with Gasteiger partial charge in [0.1, 0.15) is 6.10 Å². The van der Waals surface area contributed by atoms with Crippen molar-refractivity contribution >= 4 is 6.16 Å². The Labute approximate surface area is 74.0 Å². The second-order valence-electron chi connectivity index (χ2n) is 3.24. The topological polar surface area (TPSA) is 35.5 Å². The monoisotopic (exact) mass is 174 g/mol. The quantitative estimate of drug-likeness (QED) is 0.614. The molecule has 0 aliphatic carbocycles. The van der Waals surface area contributed by atoms with Gasteiger partial charge in [-0.2, -0.15) is 0 Å². The average Bonchev–Trinajstić information content (AvgIpc) is 1.84. The fraction of sp³-hybridized carbons (Fsp3) is 0.889. The third-order valence-corrected chi connectivity index (χ3v) is 1.36. The van der Waals surface area contributed by atoms with Crippen LogP contribution in [-0.4, -0.2) is 18.9 Å². The Bertz CT molecular complexity index is 132. The molecule has 0 aromatic heterocycles. The Morgan fingerprint density at radius 2 is 1.92 bits per heavy atom. The number of hydrogen-bond donors (Lipinski definition) is 0. The minimum absolute atomic E-state index is 0.0518. The van der Waals surface area contributed by atoms with Gasteiger partial charge in [0, 0.05) is 0 Å². The van der Waals surface area contributed by atoms with E-state index >= 15 is 0 Å². The third-order valence-electron chi connectivity index (χ3n) is 1.36. The molecule has 3 heteroatoms. The van der Waals surface area contributed by atoms with Crippen LogP contribution in [0.3, 0.4) is 0 Å². The second kappa shape index (κ2) is 5.86. The summed E-state index contributed by atoms with van der Waals surface area (Å²) in [5.41, 5.74) is 0. The molecule has 0 spiro atoms. The minimum Gasteiger partial charge on any atom is -0.435 e. The Kier molecular flexibility index (Phi) is 5.51. The highest BCUT2D eigenvalue weighted by molar-refractivity contribution is 5.59. The molecule has 0 fully saturated rings. The van der Waals surface area contributed by atoms with Crippen molar-refractivity contribution in [2.24, 2.45) is 5.92 Å². The van der Waals surface area contributed by atoms with Gasteiger partial charge in [0.15, 0.2) is 0 Å². The smallest absolute Gasteiger partial charge is 0.435 e. The van der Waals surface area contributed by atoms with Gasteiger partial charge in [-0.15, -0.1) is 0 Å². The largest absolute Gasteiger partial charge is 0.508 e. The zero-order valence-electron chi connectivity index (χ0n) is 8.29. The molecule has 0 aromatic carbocycles. The molecule has 0 saturated carbocycles. The number of carbonyl (C=O) groups excluding carboxylic acids is 1. The van der Waals surface area contributed by atoms with Crippen molar-refractivity contribution in [3.63, 3.8) is 0 Å². The Hall–Kier alpha value is -0.730. The van der Waals surface area contributed by atoms with Gasteiger partial charge in [0.05, 0.1) is 6.61 Å². The zero-order valence-corrected chi connectivity index (χ0v) is 8.29. The first-order chi connectivity index (χ1) is 5.56. The van der Waals surface area contributed by atoms with E-state index in [-0.39, 0.29) is 6.10 Å². The number of hydrogen-bond acceptors (Lipinski definition) is 3. The summed E-state index contributed by atoms with van der Waals surface area (Å²) in [6.07, 6.45) is 0.258. The average molecular weight is 174 g/mol. The van der Waals surface area contributed by atoms with Crippen LogP contribution in [0.15, 0.2) is 0 Å². The van der Waals surface area contributed by atoms with Crippen molar-refractivity contribution in [3.05, 3.63) is 0 Å². The molecule has 0 heterocycles. The van der Waals surface area contributed by atoms with Crippen LogP contribution in [0, 0.1) is 5.92 Å². The van der Waals surface area contributed by atoms with E-state index in [0.29, 0.717) is 12.5 Å². The molecular formula is C9H18O3. The van der Waals surface area contributed by atoms with E-state index in [1.165, 1.54) is 0 Å². The molecule has 3 nitrogen and oxygen atoms in total. The first-order valence-electron chi connectivity index (χ1n) is 4.39. The number of rotatable bonds is 4. The first-order valence-corrected chi connectivity index (χ1v) is 4.39. The molecule has 72 valence electrons. The van der Waals surface area contributed by atoms with Gasteiger partial charge in [0.25, 0.3) is 0 Å². The zero-order chi connectivity index (χ0) is 9.56. The highest BCUT2D eigenvalue weighted by Crippen LogP contribution is 2.07. The van der Waals surface area contributed by atoms with Crippen LogP contribution in [0.5, 0.6) is 0 Å². The summed E-state index contributed by atoms with van der Waals surface area (Å²) in [5.74, 6) is 0.537. The summed E-state index contributed by atoms with van der Waals surface area (Å²) in [6, 6.07) is 0. The molecule has 0 rings (SSSR count). The lowest BCUT2D eigenvalue weighted by atomic mass is 10.1. The molecule has 0 N–H and O–H groups in total. The van der Waals surface area contributed by atoms with Gasteiger partial charge in [-0.1, -0.05) is 13.8 Å². The van der Waals surface area contributed by atoms with Crippen molar-refractivity contribution in [2.75, 3.05) is 6.61 Å². The fourth-order valence-corrected chi connectivity index (χ4v) is 1.03. The van der Waals surface area contributed by atoms with Gasteiger partial charge in [-0.25, -0.2) is 4.79 Å². The summed E-state index contributed by atoms with van der Waals surface area (Å²) >= 11 is 0. The predicted octanol–water partition coefficient (Wildman–Crippen LogP) is 2.59. The van der Waals surface area contributed by atoms with E-state index in [1.54, 1.807) is 6.92 Å². The van der Waals surface area contributed by atoms with Gasteiger partial charge < -0.3 is 9.47 Å². The molecular weight excluding hydrogens is 156 g/mol. The van der Waals surface area contributed by atoms with E-state index in [9.17, 15) is 4.79 Å². The second-order valence-corrected chi connectivity index (χ2v) is 3.24. The number of carbonyl (C=O) groups is 1. The lowest BCUT2D eigenvalue weighted by Crippen LogP contribution is -2.17. The van der Waals surface area contributed by atoms with Crippen molar-refractivity contribution < 1.29 is 14.3 Å². The summed E-state index contributed by atoms with van der Waals surface area (Å²) < 4.78 is 9.57. The standard InChI is InChI=1S/C9H18O3/c1-5-11-9(10)12-8(4)6-7(2)3/h7-8H,5-6H2,1-4H3. The highest BCUT2D eigenvalue weighted by Gasteiger charge is 2.10. The molecule has 1 unspecified atom stereocenters. The molecule has 0 aliphatic rings. The van der Waals surface area contributed by atoms with Crippen LogP contribution in [0.25, 0.3) is 0 Å². The minimum atomic E-state index is -0.564. The highest BCUT2D eigenvalue weighted by atomic mass is 16.7. The summed E-state index contributed by atoms with van der Waals surface area (Å²) in [4.78, 5) is 10.8. The maximum atomic E-state index is 10.8. The SMILES string of the molecule is CCOC(=O)OC(C)CC(C)C. The normalized spacial score (nSPS) is 12.8. The van der Waals surface area contributed by atoms with Crippen LogP contribution < -0.4 is 0 Å². The van der Waals surface area contributed by atoms with Gasteiger partial charge >= 0.3 is 6.16 Å². The van der Waals surface area contributed by atoms with Crippen molar-refractivity contribution in [2.45, 2.75) is 40.2 Å². The van der Waals surface area contributed by atoms with Gasteiger partial charge in [-0.3, -0.25) is 0 Å². The molecule has 0 bridgehead atoms. The summed E-state index contributed by atoms with van der Waals surface area (Å²) in [7, 11) is 0. The summed E-state index contributed by atoms with van der Waals surface area (Å²) in [5, 5.41) is 0. The fourth-order valence-electron chi connectivity index (χ4n) is 1.03. The van der Waals surface area contributed by atoms with E-state index < -0.39 is 6.16 Å². The molecule has 0 amide bonds. The first kappa shape index (κ1) is 11.3. The van der Waals surface area contributed by atoms with Crippen LogP contribution in [0.1, 0.15) is 34.1 Å². The van der Waals surface area contributed by atoms with Crippen LogP contribution >= 0.6 is 0 Å². The maximum Gasteiger partial charge on any atom is 0.508 e. The van der Waals surface area contributed by atoms with E-state index in [0.717, 1.165) is 6.42 Å². The molecule has 0 aromatic rings. The maximum absolute atomic E-state index is 10.8. The lowest BCUT2D eigenvalue weighted by Gasteiger charge is -2.14. The van der Waals surface area contributed by atoms with Gasteiger partial charge in [0.2, 0.25) is 0 Å². The Morgan fingerprint density at radius 1 is 1.33 bits per heavy atom. The van der Waals surface area contributed by atoms with Crippen molar-refractivity contribution in [3.8, 4) is 0 Å². The Balaban J connectivity index is 3.54. The van der Waals surface area contributed by atoms with Crippen molar-refractivity contribution in [1.82, 2.24) is 0 Å². The molecule has 0 aliphatic heterocycles. The predicted molar refractivity (Wildman–Crippen MR) is 47.0 cm³/mol. The molecule has 0 saturated heterocycles. The lowest BCUT2D eigenvalue weighted by molar-refractivity contribution is 0.0260. The van der Waals surface area contributed by atoms with E-state index in [4.69, 9.17) is 4.74 Å². The molecule has 1 atom stereocenters. The summed E-state index contributed by atoms with van der Waals surface area (Å²) in [6.45, 7) is 8.18. The van der Waals surface area contributed by atoms with E-state index in [2.05, 4.69) is 18.6 Å². The molecule has 0 radical (unpaired) electrons. The van der Waals surface area contributed by atoms with Crippen molar-refractivity contribution in [1.29, 1.82) is 0 Å². The van der Waals surface area contributed by atoms with Crippen LogP contribution in [0.4, 0.5) is 4.79 Å². The van der Waals surface area contributed by atoms with Gasteiger partial charge in [-0.05, 0) is 26.2 Å². The third kappa shape index (κ3) is 6.01. The number of ether oxygens (including phenoxy) is 2. The van der Waals surface area contributed by atoms with E-state index in [1.807, 2.05) is 6.92 Å².